The Morgan fingerprint density at radius 1 is 1.75 bits per heavy atom. The third kappa shape index (κ3) is 0.966. The van der Waals surface area contributed by atoms with Crippen LogP contribution in [0.15, 0.2) is 12.7 Å². The Kier molecular flexibility index (Phi) is 2.00. The second kappa shape index (κ2) is 2.59. The lowest BCUT2D eigenvalue weighted by molar-refractivity contribution is -0.123. The third-order valence-electron chi connectivity index (χ3n) is 2.87. The lowest BCUT2D eigenvalue weighted by Crippen LogP contribution is -2.37. The first-order valence-electron chi connectivity index (χ1n) is 4.25. The second-order valence-electron chi connectivity index (χ2n) is 3.62. The summed E-state index contributed by atoms with van der Waals surface area (Å²) in [6, 6.07) is 0. The van der Waals surface area contributed by atoms with Crippen molar-refractivity contribution in [3.05, 3.63) is 12.7 Å². The highest BCUT2D eigenvalue weighted by molar-refractivity contribution is 5.87. The minimum atomic E-state index is -0.533. The van der Waals surface area contributed by atoms with Gasteiger partial charge < -0.3 is 11.5 Å². The largest absolute Gasteiger partial charge is 0.369 e. The highest BCUT2D eigenvalue weighted by Crippen LogP contribution is 2.57. The summed E-state index contributed by atoms with van der Waals surface area (Å²) < 4.78 is 0. The summed E-state index contributed by atoms with van der Waals surface area (Å²) in [7, 11) is 0. The van der Waals surface area contributed by atoms with Crippen molar-refractivity contribution < 1.29 is 4.79 Å². The van der Waals surface area contributed by atoms with Gasteiger partial charge in [0.15, 0.2) is 0 Å². The maximum absolute atomic E-state index is 11.1. The van der Waals surface area contributed by atoms with E-state index in [0.717, 1.165) is 12.8 Å². The number of amides is 1. The fourth-order valence-corrected chi connectivity index (χ4v) is 1.91. The smallest absolute Gasteiger partial charge is 0.225 e. The van der Waals surface area contributed by atoms with E-state index in [9.17, 15) is 4.79 Å². The van der Waals surface area contributed by atoms with Gasteiger partial charge in [-0.3, -0.25) is 4.79 Å². The molecule has 0 aromatic rings. The zero-order valence-corrected chi connectivity index (χ0v) is 7.47. The van der Waals surface area contributed by atoms with E-state index >= 15 is 0 Å². The summed E-state index contributed by atoms with van der Waals surface area (Å²) in [5, 5.41) is 0. The first kappa shape index (κ1) is 9.26. The molecule has 0 saturated heterocycles. The van der Waals surface area contributed by atoms with Crippen LogP contribution >= 0.6 is 0 Å². The predicted molar refractivity (Wildman–Crippen MR) is 48.3 cm³/mol. The molecular weight excluding hydrogens is 152 g/mol. The number of hydrogen-bond acceptors (Lipinski definition) is 2. The van der Waals surface area contributed by atoms with E-state index in [1.54, 1.807) is 6.08 Å². The van der Waals surface area contributed by atoms with Crippen LogP contribution in [0.3, 0.4) is 0 Å². The average Bonchev–Trinajstić information content (AvgIpc) is 2.60. The first-order valence-corrected chi connectivity index (χ1v) is 4.25. The van der Waals surface area contributed by atoms with Crippen molar-refractivity contribution in [2.75, 3.05) is 0 Å². The number of carbonyl (C=O) groups excluding carboxylic acids is 1. The van der Waals surface area contributed by atoms with Crippen molar-refractivity contribution in [2.45, 2.75) is 31.7 Å². The van der Waals surface area contributed by atoms with Gasteiger partial charge in [0, 0.05) is 5.54 Å². The molecule has 0 radical (unpaired) electrons. The molecule has 1 aliphatic carbocycles. The van der Waals surface area contributed by atoms with Crippen LogP contribution in [0.1, 0.15) is 26.2 Å². The lowest BCUT2D eigenvalue weighted by Gasteiger charge is -2.15. The quantitative estimate of drug-likeness (QED) is 0.602. The van der Waals surface area contributed by atoms with E-state index < -0.39 is 11.0 Å². The number of rotatable bonds is 4. The molecule has 0 bridgehead atoms. The fraction of sp³-hybridized carbons (Fsp3) is 0.667. The van der Waals surface area contributed by atoms with Crippen molar-refractivity contribution in [3.8, 4) is 0 Å². The van der Waals surface area contributed by atoms with E-state index in [-0.39, 0.29) is 5.91 Å². The number of carbonyl (C=O) groups is 1. The van der Waals surface area contributed by atoms with E-state index in [1.165, 1.54) is 0 Å². The Hall–Kier alpha value is -0.830. The molecule has 3 heteroatoms. The Labute approximate surface area is 72.8 Å². The Bertz CT molecular complexity index is 227. The molecule has 0 aromatic carbocycles. The van der Waals surface area contributed by atoms with Gasteiger partial charge in [-0.05, 0) is 12.8 Å². The van der Waals surface area contributed by atoms with Gasteiger partial charge in [-0.25, -0.2) is 0 Å². The van der Waals surface area contributed by atoms with Gasteiger partial charge in [0.05, 0.1) is 5.41 Å². The van der Waals surface area contributed by atoms with Crippen molar-refractivity contribution in [1.29, 1.82) is 0 Å². The molecule has 1 rings (SSSR count). The number of primary amides is 1. The molecular formula is C9H16N2O. The van der Waals surface area contributed by atoms with Crippen molar-refractivity contribution in [1.82, 2.24) is 0 Å². The van der Waals surface area contributed by atoms with Gasteiger partial charge in [0.25, 0.3) is 0 Å². The highest BCUT2D eigenvalue weighted by Gasteiger charge is 2.66. The van der Waals surface area contributed by atoms with Gasteiger partial charge in [-0.1, -0.05) is 19.4 Å². The Morgan fingerprint density at radius 3 is 2.58 bits per heavy atom. The summed E-state index contributed by atoms with van der Waals surface area (Å²) in [5.41, 5.74) is 10.2. The zero-order valence-electron chi connectivity index (χ0n) is 7.47. The lowest BCUT2D eigenvalue weighted by atomic mass is 9.94. The topological polar surface area (TPSA) is 69.1 Å². The molecule has 1 aliphatic rings. The summed E-state index contributed by atoms with van der Waals surface area (Å²) in [4.78, 5) is 11.1. The van der Waals surface area contributed by atoms with Gasteiger partial charge in [-0.15, -0.1) is 6.58 Å². The van der Waals surface area contributed by atoms with Crippen LogP contribution in [-0.4, -0.2) is 11.4 Å². The fourth-order valence-electron chi connectivity index (χ4n) is 1.91. The average molecular weight is 168 g/mol. The normalized spacial score (nSPS) is 39.2. The van der Waals surface area contributed by atoms with Crippen molar-refractivity contribution >= 4 is 5.91 Å². The summed E-state index contributed by atoms with van der Waals surface area (Å²) in [6.07, 6.45) is 4.00. The van der Waals surface area contributed by atoms with Crippen LogP contribution in [0.2, 0.25) is 0 Å². The second-order valence-corrected chi connectivity index (χ2v) is 3.62. The van der Waals surface area contributed by atoms with Crippen LogP contribution in [0.5, 0.6) is 0 Å². The SMILES string of the molecule is C=CC1(N)CC1(CCC)C(N)=O. The molecule has 12 heavy (non-hydrogen) atoms. The van der Waals surface area contributed by atoms with Crippen LogP contribution in [-0.2, 0) is 4.79 Å². The molecule has 0 aliphatic heterocycles. The summed E-state index contributed by atoms with van der Waals surface area (Å²) in [5.74, 6) is -0.285. The molecule has 1 amide bonds. The van der Waals surface area contributed by atoms with Gasteiger partial charge in [0.2, 0.25) is 5.91 Å². The summed E-state index contributed by atoms with van der Waals surface area (Å²) in [6.45, 7) is 5.64. The van der Waals surface area contributed by atoms with Crippen LogP contribution in [0, 0.1) is 5.41 Å². The van der Waals surface area contributed by atoms with Crippen LogP contribution in [0.4, 0.5) is 0 Å². The highest BCUT2D eigenvalue weighted by atomic mass is 16.1. The molecule has 1 saturated carbocycles. The monoisotopic (exact) mass is 168 g/mol. The van der Waals surface area contributed by atoms with Gasteiger partial charge >= 0.3 is 0 Å². The Balaban J connectivity index is 2.81. The molecule has 0 heterocycles. The molecule has 0 aromatic heterocycles. The maximum atomic E-state index is 11.1. The summed E-state index contributed by atoms with van der Waals surface area (Å²) >= 11 is 0. The standard InChI is InChI=1S/C9H16N2O/c1-3-5-8(7(10)12)6-9(8,11)4-2/h4H,2-3,5-6,11H2,1H3,(H2,10,12). The zero-order chi connectivity index (χ0) is 9.41. The van der Waals surface area contributed by atoms with Crippen molar-refractivity contribution in [3.63, 3.8) is 0 Å². The first-order chi connectivity index (χ1) is 5.52. The van der Waals surface area contributed by atoms with E-state index in [4.69, 9.17) is 11.5 Å². The van der Waals surface area contributed by atoms with Gasteiger partial charge in [0.1, 0.15) is 0 Å². The van der Waals surface area contributed by atoms with E-state index in [2.05, 4.69) is 6.58 Å². The van der Waals surface area contributed by atoms with E-state index in [0.29, 0.717) is 6.42 Å². The molecule has 68 valence electrons. The number of hydrogen-bond donors (Lipinski definition) is 2. The van der Waals surface area contributed by atoms with Crippen molar-refractivity contribution in [2.24, 2.45) is 16.9 Å². The molecule has 4 N–H and O–H groups in total. The minimum Gasteiger partial charge on any atom is -0.369 e. The van der Waals surface area contributed by atoms with Crippen LogP contribution < -0.4 is 11.5 Å². The number of nitrogens with two attached hydrogens (primary N) is 2. The van der Waals surface area contributed by atoms with E-state index in [1.807, 2.05) is 6.92 Å². The molecule has 0 spiro atoms. The third-order valence-corrected chi connectivity index (χ3v) is 2.87. The molecule has 1 fully saturated rings. The maximum Gasteiger partial charge on any atom is 0.225 e. The van der Waals surface area contributed by atoms with Crippen LogP contribution in [0.25, 0.3) is 0 Å². The molecule has 3 nitrogen and oxygen atoms in total. The molecule has 2 atom stereocenters. The minimum absolute atomic E-state index is 0.285. The Morgan fingerprint density at radius 2 is 2.33 bits per heavy atom. The predicted octanol–water partition coefficient (Wildman–Crippen LogP) is 0.545. The molecule has 2 unspecified atom stereocenters. The van der Waals surface area contributed by atoms with Gasteiger partial charge in [-0.2, -0.15) is 0 Å².